The first kappa shape index (κ1) is 16.6. The second-order valence-corrected chi connectivity index (χ2v) is 7.38. The molecule has 2 atom stereocenters. The van der Waals surface area contributed by atoms with Crippen molar-refractivity contribution in [3.8, 4) is 0 Å². The van der Waals surface area contributed by atoms with Gasteiger partial charge in [-0.1, -0.05) is 30.3 Å². The summed E-state index contributed by atoms with van der Waals surface area (Å²) >= 11 is 0. The maximum atomic E-state index is 12.2. The number of fused-ring (bicyclic) bond motifs is 2. The number of amides is 2. The van der Waals surface area contributed by atoms with Crippen LogP contribution in [0.4, 0.5) is 9.59 Å². The van der Waals surface area contributed by atoms with Crippen molar-refractivity contribution in [2.75, 3.05) is 13.1 Å². The van der Waals surface area contributed by atoms with Crippen molar-refractivity contribution in [3.63, 3.8) is 0 Å². The van der Waals surface area contributed by atoms with Gasteiger partial charge in [-0.3, -0.25) is 4.90 Å². The minimum absolute atomic E-state index is 0.0304. The topological polar surface area (TPSA) is 59.1 Å². The van der Waals surface area contributed by atoms with E-state index in [1.165, 1.54) is 0 Å². The molecule has 0 N–H and O–H groups in total. The highest BCUT2D eigenvalue weighted by Crippen LogP contribution is 2.34. The molecule has 0 saturated carbocycles. The van der Waals surface area contributed by atoms with Crippen LogP contribution in [0.15, 0.2) is 30.3 Å². The lowest BCUT2D eigenvalue weighted by Gasteiger charge is -2.55. The number of piperidine rings is 1. The van der Waals surface area contributed by atoms with Crippen LogP contribution in [0.1, 0.15) is 32.8 Å². The van der Waals surface area contributed by atoms with Crippen molar-refractivity contribution in [2.45, 2.75) is 51.5 Å². The highest BCUT2D eigenvalue weighted by atomic mass is 16.6. The van der Waals surface area contributed by atoms with Crippen LogP contribution in [0, 0.1) is 0 Å². The summed E-state index contributed by atoms with van der Waals surface area (Å²) in [4.78, 5) is 27.9. The first-order valence-electron chi connectivity index (χ1n) is 8.30. The summed E-state index contributed by atoms with van der Waals surface area (Å²) in [6, 6.07) is 9.66. The van der Waals surface area contributed by atoms with Gasteiger partial charge in [0.25, 0.3) is 0 Å². The van der Waals surface area contributed by atoms with Crippen LogP contribution >= 0.6 is 0 Å². The molecule has 6 nitrogen and oxygen atoms in total. The van der Waals surface area contributed by atoms with Crippen LogP contribution in [0.3, 0.4) is 0 Å². The summed E-state index contributed by atoms with van der Waals surface area (Å²) in [5.41, 5.74) is 0.457. The molecule has 3 fully saturated rings. The Kier molecular flexibility index (Phi) is 4.39. The van der Waals surface area contributed by atoms with Gasteiger partial charge >= 0.3 is 12.2 Å². The van der Waals surface area contributed by atoms with Gasteiger partial charge in [-0.2, -0.15) is 0 Å². The van der Waals surface area contributed by atoms with Crippen LogP contribution in [-0.2, 0) is 16.1 Å². The number of nitrogens with zero attached hydrogens (tertiary/aromatic N) is 2. The predicted molar refractivity (Wildman–Crippen MR) is 88.5 cm³/mol. The summed E-state index contributed by atoms with van der Waals surface area (Å²) in [5.74, 6) is 0. The lowest BCUT2D eigenvalue weighted by Crippen LogP contribution is -2.71. The van der Waals surface area contributed by atoms with E-state index in [4.69, 9.17) is 9.47 Å². The van der Waals surface area contributed by atoms with Crippen LogP contribution in [0.2, 0.25) is 0 Å². The Morgan fingerprint density at radius 3 is 2.29 bits per heavy atom. The second kappa shape index (κ2) is 6.34. The molecule has 0 aliphatic carbocycles. The zero-order valence-corrected chi connectivity index (χ0v) is 14.4. The third kappa shape index (κ3) is 3.63. The van der Waals surface area contributed by atoms with Crippen LogP contribution in [0.5, 0.6) is 0 Å². The molecule has 4 rings (SSSR count). The molecule has 0 spiro atoms. The lowest BCUT2D eigenvalue weighted by molar-refractivity contribution is -0.0734. The molecule has 6 heteroatoms. The normalized spacial score (nSPS) is 22.6. The van der Waals surface area contributed by atoms with Gasteiger partial charge in [-0.25, -0.2) is 9.59 Å². The number of carbonyl (C=O) groups excluding carboxylic acids is 2. The molecule has 2 bridgehead atoms. The summed E-state index contributed by atoms with van der Waals surface area (Å²) in [5, 5.41) is 0. The molecule has 3 aliphatic rings. The monoisotopic (exact) mass is 332 g/mol. The third-order valence-corrected chi connectivity index (χ3v) is 4.26. The van der Waals surface area contributed by atoms with E-state index in [9.17, 15) is 9.59 Å². The minimum atomic E-state index is -0.505. The van der Waals surface area contributed by atoms with Gasteiger partial charge in [-0.05, 0) is 32.8 Å². The maximum Gasteiger partial charge on any atom is 0.410 e. The minimum Gasteiger partial charge on any atom is -0.445 e. The van der Waals surface area contributed by atoms with Crippen LogP contribution in [0.25, 0.3) is 0 Å². The Labute approximate surface area is 142 Å². The smallest absolute Gasteiger partial charge is 0.410 e. The lowest BCUT2D eigenvalue weighted by atomic mass is 9.88. The molecular formula is C18H24N2O4. The van der Waals surface area contributed by atoms with Gasteiger partial charge < -0.3 is 14.4 Å². The summed E-state index contributed by atoms with van der Waals surface area (Å²) in [6.45, 7) is 6.84. The standard InChI is InChI=1S/C18H24N2O4/c1-18(2,3)24-17(22)20-14-9-15(20)11-19(10-14)16(21)23-12-13-7-5-4-6-8-13/h4-8,14-15H,9-12H2,1-3H3. The number of hydrogen-bond acceptors (Lipinski definition) is 4. The van der Waals surface area contributed by atoms with Crippen molar-refractivity contribution >= 4 is 12.2 Å². The molecule has 3 saturated heterocycles. The first-order valence-corrected chi connectivity index (χ1v) is 8.30. The second-order valence-electron chi connectivity index (χ2n) is 7.38. The fourth-order valence-electron chi connectivity index (χ4n) is 3.18. The zero-order chi connectivity index (χ0) is 17.3. The largest absolute Gasteiger partial charge is 0.445 e. The van der Waals surface area contributed by atoms with Crippen LogP contribution < -0.4 is 0 Å². The van der Waals surface area contributed by atoms with E-state index in [-0.39, 0.29) is 30.9 Å². The first-order chi connectivity index (χ1) is 11.3. The maximum absolute atomic E-state index is 12.2. The van der Waals surface area contributed by atoms with Gasteiger partial charge in [0.15, 0.2) is 0 Å². The highest BCUT2D eigenvalue weighted by molar-refractivity contribution is 5.72. The molecule has 2 amide bonds. The van der Waals surface area contributed by atoms with Crippen molar-refractivity contribution in [2.24, 2.45) is 0 Å². The summed E-state index contributed by atoms with van der Waals surface area (Å²) in [7, 11) is 0. The van der Waals surface area contributed by atoms with E-state index in [2.05, 4.69) is 0 Å². The number of hydrogen-bond donors (Lipinski definition) is 0. The van der Waals surface area contributed by atoms with Crippen molar-refractivity contribution in [1.82, 2.24) is 9.80 Å². The Bertz CT molecular complexity index is 599. The van der Waals surface area contributed by atoms with Crippen molar-refractivity contribution in [1.29, 1.82) is 0 Å². The predicted octanol–water partition coefficient (Wildman–Crippen LogP) is 3.02. The molecule has 130 valence electrons. The number of piperazine rings is 1. The molecule has 24 heavy (non-hydrogen) atoms. The zero-order valence-electron chi connectivity index (χ0n) is 14.4. The third-order valence-electron chi connectivity index (χ3n) is 4.26. The Morgan fingerprint density at radius 2 is 1.71 bits per heavy atom. The van der Waals surface area contributed by atoms with Gasteiger partial charge in [0, 0.05) is 13.1 Å². The van der Waals surface area contributed by atoms with E-state index in [0.717, 1.165) is 12.0 Å². The van der Waals surface area contributed by atoms with Gasteiger partial charge in [0.1, 0.15) is 12.2 Å². The van der Waals surface area contributed by atoms with E-state index in [1.807, 2.05) is 51.1 Å². The molecule has 1 aromatic carbocycles. The van der Waals surface area contributed by atoms with Crippen molar-refractivity contribution in [3.05, 3.63) is 35.9 Å². The molecule has 0 radical (unpaired) electrons. The summed E-state index contributed by atoms with van der Waals surface area (Å²) in [6.07, 6.45) is 0.306. The molecular weight excluding hydrogens is 308 g/mol. The molecule has 1 aromatic rings. The van der Waals surface area contributed by atoms with Crippen molar-refractivity contribution < 1.29 is 19.1 Å². The number of benzene rings is 1. The molecule has 3 aliphatic heterocycles. The Balaban J connectivity index is 1.50. The average molecular weight is 332 g/mol. The molecule has 2 unspecified atom stereocenters. The van der Waals surface area contributed by atoms with Gasteiger partial charge in [0.2, 0.25) is 0 Å². The SMILES string of the molecule is CC(C)(C)OC(=O)N1C2CC1CN(C(=O)OCc1ccccc1)C2. The average Bonchev–Trinajstić information content (AvgIpc) is 2.51. The highest BCUT2D eigenvalue weighted by Gasteiger charge is 2.50. The number of rotatable bonds is 2. The number of ether oxygens (including phenoxy) is 2. The number of carbonyl (C=O) groups is 2. The molecule has 3 heterocycles. The van der Waals surface area contributed by atoms with Gasteiger partial charge in [0.05, 0.1) is 12.1 Å². The van der Waals surface area contributed by atoms with Gasteiger partial charge in [-0.15, -0.1) is 0 Å². The molecule has 0 aromatic heterocycles. The summed E-state index contributed by atoms with van der Waals surface area (Å²) < 4.78 is 10.8. The van der Waals surface area contributed by atoms with E-state index >= 15 is 0 Å². The fourth-order valence-corrected chi connectivity index (χ4v) is 3.18. The van der Waals surface area contributed by atoms with Crippen LogP contribution in [-0.4, -0.2) is 52.8 Å². The Hall–Kier alpha value is -2.24. The van der Waals surface area contributed by atoms with E-state index in [1.54, 1.807) is 9.80 Å². The van der Waals surface area contributed by atoms with E-state index in [0.29, 0.717) is 13.1 Å². The van der Waals surface area contributed by atoms with E-state index < -0.39 is 5.60 Å². The Morgan fingerprint density at radius 1 is 1.08 bits per heavy atom. The fraction of sp³-hybridized carbons (Fsp3) is 0.556. The quantitative estimate of drug-likeness (QED) is 0.835.